The van der Waals surface area contributed by atoms with Gasteiger partial charge in [0, 0.05) is 64.3 Å². The Bertz CT molecular complexity index is 773. The molecule has 9 nitrogen and oxygen atoms in total. The van der Waals surface area contributed by atoms with Gasteiger partial charge in [-0.05, 0) is 25.3 Å². The van der Waals surface area contributed by atoms with Crippen LogP contribution in [0.25, 0.3) is 0 Å². The van der Waals surface area contributed by atoms with E-state index in [4.69, 9.17) is 0 Å². The SMILES string of the molecule is CC(=O)N[C@H]1C[C@H]2CN(Cc3ccnn3C)C[C@H](NC(=O)C3CC3)C(=O)N2C1. The van der Waals surface area contributed by atoms with E-state index >= 15 is 0 Å². The number of carbonyl (C=O) groups excluding carboxylic acids is 3. The van der Waals surface area contributed by atoms with Crippen molar-refractivity contribution in [3.63, 3.8) is 0 Å². The molecule has 3 atom stereocenters. The predicted molar refractivity (Wildman–Crippen MR) is 101 cm³/mol. The molecular formula is C19H28N6O3. The van der Waals surface area contributed by atoms with Crippen LogP contribution in [0.15, 0.2) is 12.3 Å². The Hall–Kier alpha value is -2.42. The van der Waals surface area contributed by atoms with Crippen LogP contribution in [0.4, 0.5) is 0 Å². The van der Waals surface area contributed by atoms with Crippen molar-refractivity contribution in [3.8, 4) is 0 Å². The molecule has 1 aromatic heterocycles. The molecule has 152 valence electrons. The summed E-state index contributed by atoms with van der Waals surface area (Å²) in [6.07, 6.45) is 4.31. The maximum atomic E-state index is 13.2. The third-order valence-electron chi connectivity index (χ3n) is 5.89. The minimum Gasteiger partial charge on any atom is -0.352 e. The molecule has 4 rings (SSSR count). The fourth-order valence-corrected chi connectivity index (χ4v) is 4.32. The van der Waals surface area contributed by atoms with Crippen LogP contribution < -0.4 is 10.6 Å². The predicted octanol–water partition coefficient (Wildman–Crippen LogP) is -0.764. The Morgan fingerprint density at radius 1 is 1.21 bits per heavy atom. The molecule has 0 unspecified atom stereocenters. The van der Waals surface area contributed by atoms with Crippen molar-refractivity contribution < 1.29 is 14.4 Å². The molecule has 2 saturated heterocycles. The summed E-state index contributed by atoms with van der Waals surface area (Å²) in [4.78, 5) is 41.1. The van der Waals surface area contributed by atoms with Gasteiger partial charge in [0.05, 0.1) is 5.69 Å². The minimum absolute atomic E-state index is 0.0186. The highest BCUT2D eigenvalue weighted by molar-refractivity contribution is 5.90. The monoisotopic (exact) mass is 388 g/mol. The zero-order chi connectivity index (χ0) is 19.8. The van der Waals surface area contributed by atoms with Crippen LogP contribution in [-0.4, -0.2) is 75.1 Å². The maximum absolute atomic E-state index is 13.2. The number of fused-ring (bicyclic) bond motifs is 1. The molecule has 28 heavy (non-hydrogen) atoms. The fourth-order valence-electron chi connectivity index (χ4n) is 4.32. The van der Waals surface area contributed by atoms with Gasteiger partial charge < -0.3 is 15.5 Å². The van der Waals surface area contributed by atoms with E-state index in [2.05, 4.69) is 20.6 Å². The number of hydrogen-bond donors (Lipinski definition) is 2. The second-order valence-corrected chi connectivity index (χ2v) is 8.25. The largest absolute Gasteiger partial charge is 0.352 e. The molecule has 3 fully saturated rings. The van der Waals surface area contributed by atoms with Crippen molar-refractivity contribution in [1.82, 2.24) is 30.2 Å². The van der Waals surface area contributed by atoms with Crippen molar-refractivity contribution in [2.45, 2.75) is 50.9 Å². The summed E-state index contributed by atoms with van der Waals surface area (Å²) >= 11 is 0. The molecule has 3 heterocycles. The Labute approximate surface area is 164 Å². The number of aryl methyl sites for hydroxylation is 1. The number of rotatable bonds is 5. The summed E-state index contributed by atoms with van der Waals surface area (Å²) in [5, 5.41) is 10.1. The number of nitrogens with zero attached hydrogens (tertiary/aromatic N) is 4. The molecule has 0 aromatic carbocycles. The molecule has 0 spiro atoms. The molecular weight excluding hydrogens is 360 g/mol. The molecule has 1 aliphatic carbocycles. The van der Waals surface area contributed by atoms with E-state index in [9.17, 15) is 14.4 Å². The van der Waals surface area contributed by atoms with Gasteiger partial charge in [-0.1, -0.05) is 0 Å². The standard InChI is InChI=1S/C19H28N6O3/c1-12(26)21-14-7-16-10-24(9-15-5-6-20-23(15)2)11-17(19(28)25(16)8-14)22-18(27)13-3-4-13/h5-6,13-14,16-17H,3-4,7-11H2,1-2H3,(H,21,26)(H,22,27)/t14-,16-,17-/m0/s1. The highest BCUT2D eigenvalue weighted by atomic mass is 16.2. The Balaban J connectivity index is 1.52. The fraction of sp³-hybridized carbons (Fsp3) is 0.684. The maximum Gasteiger partial charge on any atom is 0.246 e. The Morgan fingerprint density at radius 2 is 2.00 bits per heavy atom. The third-order valence-corrected chi connectivity index (χ3v) is 5.89. The van der Waals surface area contributed by atoms with E-state index in [1.165, 1.54) is 6.92 Å². The van der Waals surface area contributed by atoms with Crippen LogP contribution in [0, 0.1) is 5.92 Å². The number of aromatic nitrogens is 2. The smallest absolute Gasteiger partial charge is 0.246 e. The lowest BCUT2D eigenvalue weighted by atomic mass is 10.1. The second kappa shape index (κ2) is 7.54. The average Bonchev–Trinajstić information content (AvgIpc) is 3.33. The van der Waals surface area contributed by atoms with Crippen molar-refractivity contribution in [1.29, 1.82) is 0 Å². The number of carbonyl (C=O) groups is 3. The lowest BCUT2D eigenvalue weighted by molar-refractivity contribution is -0.136. The number of nitrogens with one attached hydrogen (secondary N) is 2. The number of hydrogen-bond acceptors (Lipinski definition) is 5. The van der Waals surface area contributed by atoms with Gasteiger partial charge in [-0.25, -0.2) is 0 Å². The van der Waals surface area contributed by atoms with Crippen LogP contribution in [0.1, 0.15) is 31.9 Å². The van der Waals surface area contributed by atoms with E-state index in [1.807, 2.05) is 22.7 Å². The zero-order valence-corrected chi connectivity index (χ0v) is 16.4. The first-order chi connectivity index (χ1) is 13.4. The first-order valence-corrected chi connectivity index (χ1v) is 9.98. The molecule has 2 N–H and O–H groups in total. The van der Waals surface area contributed by atoms with Crippen molar-refractivity contribution in [2.24, 2.45) is 13.0 Å². The van der Waals surface area contributed by atoms with Gasteiger partial charge in [0.25, 0.3) is 0 Å². The topological polar surface area (TPSA) is 99.6 Å². The van der Waals surface area contributed by atoms with Crippen LogP contribution in [0.5, 0.6) is 0 Å². The van der Waals surface area contributed by atoms with Gasteiger partial charge in [0.2, 0.25) is 17.7 Å². The van der Waals surface area contributed by atoms with Crippen LogP contribution >= 0.6 is 0 Å². The second-order valence-electron chi connectivity index (χ2n) is 8.25. The van der Waals surface area contributed by atoms with E-state index in [0.29, 0.717) is 26.2 Å². The van der Waals surface area contributed by atoms with Crippen molar-refractivity contribution in [2.75, 3.05) is 19.6 Å². The summed E-state index contributed by atoms with van der Waals surface area (Å²) in [5.74, 6) is -0.0854. The van der Waals surface area contributed by atoms with Gasteiger partial charge in [0.15, 0.2) is 0 Å². The van der Waals surface area contributed by atoms with Gasteiger partial charge in [-0.15, -0.1) is 0 Å². The number of amides is 3. The summed E-state index contributed by atoms with van der Waals surface area (Å²) in [6, 6.07) is 1.41. The normalized spacial score (nSPS) is 28.0. The lowest BCUT2D eigenvalue weighted by Gasteiger charge is -2.25. The first-order valence-electron chi connectivity index (χ1n) is 9.98. The van der Waals surface area contributed by atoms with E-state index in [0.717, 1.165) is 25.0 Å². The Kier molecular flexibility index (Phi) is 5.09. The molecule has 9 heteroatoms. The van der Waals surface area contributed by atoms with E-state index in [1.54, 1.807) is 6.20 Å². The molecule has 2 aliphatic heterocycles. The van der Waals surface area contributed by atoms with E-state index < -0.39 is 6.04 Å². The van der Waals surface area contributed by atoms with Crippen molar-refractivity contribution >= 4 is 17.7 Å². The zero-order valence-electron chi connectivity index (χ0n) is 16.4. The summed E-state index contributed by atoms with van der Waals surface area (Å²) in [7, 11) is 1.90. The molecule has 1 aromatic rings. The minimum atomic E-state index is -0.553. The van der Waals surface area contributed by atoms with Gasteiger partial charge in [-0.2, -0.15) is 5.10 Å². The molecule has 3 aliphatic rings. The first kappa shape index (κ1) is 18.9. The van der Waals surface area contributed by atoms with Crippen LogP contribution in [-0.2, 0) is 28.0 Å². The van der Waals surface area contributed by atoms with Gasteiger partial charge in [0.1, 0.15) is 6.04 Å². The molecule has 0 bridgehead atoms. The molecule has 3 amide bonds. The average molecular weight is 388 g/mol. The molecule has 0 radical (unpaired) electrons. The quantitative estimate of drug-likeness (QED) is 0.691. The van der Waals surface area contributed by atoms with Crippen molar-refractivity contribution in [3.05, 3.63) is 18.0 Å². The summed E-state index contributed by atoms with van der Waals surface area (Å²) in [5.41, 5.74) is 1.06. The lowest BCUT2D eigenvalue weighted by Crippen LogP contribution is -2.52. The highest BCUT2D eigenvalue weighted by Crippen LogP contribution is 2.30. The summed E-state index contributed by atoms with van der Waals surface area (Å²) < 4.78 is 1.83. The summed E-state index contributed by atoms with van der Waals surface area (Å²) in [6.45, 7) is 3.86. The van der Waals surface area contributed by atoms with E-state index in [-0.39, 0.29) is 35.7 Å². The molecule has 1 saturated carbocycles. The van der Waals surface area contributed by atoms with Gasteiger partial charge in [-0.3, -0.25) is 24.0 Å². The Morgan fingerprint density at radius 3 is 2.64 bits per heavy atom. The van der Waals surface area contributed by atoms with Gasteiger partial charge >= 0.3 is 0 Å². The third kappa shape index (κ3) is 4.04. The van der Waals surface area contributed by atoms with Crippen LogP contribution in [0.2, 0.25) is 0 Å². The van der Waals surface area contributed by atoms with Crippen LogP contribution in [0.3, 0.4) is 0 Å². The highest BCUT2D eigenvalue weighted by Gasteiger charge is 2.43.